The van der Waals surface area contributed by atoms with Gasteiger partial charge in [-0.2, -0.15) is 12.6 Å². The maximum absolute atomic E-state index is 12.6. The smallest absolute Gasteiger partial charge is 0.164 e. The third kappa shape index (κ3) is 10.2. The van der Waals surface area contributed by atoms with Crippen LogP contribution in [0.3, 0.4) is 0 Å². The number of alkyl halides is 2. The van der Waals surface area contributed by atoms with Crippen molar-refractivity contribution in [3.63, 3.8) is 0 Å². The first kappa shape index (κ1) is 36.5. The van der Waals surface area contributed by atoms with Crippen molar-refractivity contribution >= 4 is 69.2 Å². The van der Waals surface area contributed by atoms with E-state index < -0.39 is 0 Å². The lowest BCUT2D eigenvalue weighted by Crippen LogP contribution is -2.28. The summed E-state index contributed by atoms with van der Waals surface area (Å²) in [6, 6.07) is 11.8. The van der Waals surface area contributed by atoms with Gasteiger partial charge in [-0.1, -0.05) is 41.5 Å². The van der Waals surface area contributed by atoms with Crippen LogP contribution in [0, 0.1) is 0 Å². The van der Waals surface area contributed by atoms with Gasteiger partial charge in [0.05, 0.1) is 0 Å². The molecule has 0 aliphatic rings. The topological polar surface area (TPSA) is 42.3 Å². The Morgan fingerprint density at radius 3 is 1.71 bits per heavy atom. The quantitative estimate of drug-likeness (QED) is 0.124. The molecular formula is C31H48Cl2N2O2S. The highest BCUT2D eigenvalue weighted by Gasteiger charge is 2.16. The van der Waals surface area contributed by atoms with Crippen LogP contribution < -0.4 is 0 Å². The molecule has 214 valence electrons. The van der Waals surface area contributed by atoms with Gasteiger partial charge < -0.3 is 9.47 Å². The van der Waals surface area contributed by atoms with E-state index in [1.807, 2.05) is 64.1 Å². The van der Waals surface area contributed by atoms with Gasteiger partial charge >= 0.3 is 0 Å². The molecule has 3 rings (SSSR count). The fraction of sp³-hybridized carbons (Fsp3) is 0.548. The average molecular weight is 584 g/mol. The minimum absolute atomic E-state index is 0.0391. The van der Waals surface area contributed by atoms with Crippen LogP contribution in [-0.2, 0) is 6.54 Å². The molecule has 3 aromatic rings. The standard InChI is InChI=1S/C26H32Cl2N2O2.2C2H6.CH4S/c1-3-14-29(4-2)15-16-30-23-9-7-19(25(31)6-5-12-27)17-21(23)22-18-20(8-10-24(22)30)26(32)11-13-28;3*1-2/h7-10,17-18H,3-6,11-16H2,1-2H3;2*1-2H3;2H,1H3. The number of hydrogen-bond acceptors (Lipinski definition) is 4. The van der Waals surface area contributed by atoms with Crippen molar-refractivity contribution in [2.75, 3.05) is 37.7 Å². The van der Waals surface area contributed by atoms with Crippen LogP contribution in [0.1, 0.15) is 87.9 Å². The van der Waals surface area contributed by atoms with E-state index in [4.69, 9.17) is 23.2 Å². The second-order valence-electron chi connectivity index (χ2n) is 8.13. The van der Waals surface area contributed by atoms with E-state index in [1.165, 1.54) is 0 Å². The zero-order valence-corrected chi connectivity index (χ0v) is 26.9. The van der Waals surface area contributed by atoms with Crippen molar-refractivity contribution in [1.29, 1.82) is 0 Å². The van der Waals surface area contributed by atoms with Gasteiger partial charge in [-0.15, -0.1) is 23.2 Å². The minimum Gasteiger partial charge on any atom is -0.339 e. The number of fused-ring (bicyclic) bond motifs is 3. The third-order valence-electron chi connectivity index (χ3n) is 5.99. The first-order valence-corrected chi connectivity index (χ1v) is 15.9. The Morgan fingerprint density at radius 2 is 1.29 bits per heavy atom. The molecule has 1 aromatic heterocycles. The molecule has 0 amide bonds. The van der Waals surface area contributed by atoms with Crippen LogP contribution in [0.15, 0.2) is 36.4 Å². The van der Waals surface area contributed by atoms with E-state index >= 15 is 0 Å². The van der Waals surface area contributed by atoms with E-state index in [0.717, 1.165) is 54.4 Å². The number of halogens is 2. The Morgan fingerprint density at radius 1 is 0.789 bits per heavy atom. The summed E-state index contributed by atoms with van der Waals surface area (Å²) in [5, 5.41) is 2.02. The highest BCUT2D eigenvalue weighted by molar-refractivity contribution is 7.79. The van der Waals surface area contributed by atoms with Crippen LogP contribution in [0.2, 0.25) is 0 Å². The van der Waals surface area contributed by atoms with Crippen molar-refractivity contribution in [2.24, 2.45) is 0 Å². The van der Waals surface area contributed by atoms with Gasteiger partial charge in [-0.25, -0.2) is 0 Å². The molecule has 38 heavy (non-hydrogen) atoms. The van der Waals surface area contributed by atoms with Crippen molar-refractivity contribution in [2.45, 2.75) is 73.8 Å². The maximum atomic E-state index is 12.6. The first-order chi connectivity index (χ1) is 18.5. The zero-order chi connectivity index (χ0) is 29.1. The number of carbonyl (C=O) groups is 2. The van der Waals surface area contributed by atoms with Crippen LogP contribution in [0.5, 0.6) is 0 Å². The lowest BCUT2D eigenvalue weighted by molar-refractivity contribution is 0.0977. The molecule has 0 unspecified atom stereocenters. The first-order valence-electron chi connectivity index (χ1n) is 13.9. The van der Waals surface area contributed by atoms with Crippen LogP contribution in [0.4, 0.5) is 0 Å². The Balaban J connectivity index is 0.00000213. The molecule has 0 N–H and O–H groups in total. The summed E-state index contributed by atoms with van der Waals surface area (Å²) in [7, 11) is 0. The predicted octanol–water partition coefficient (Wildman–Crippen LogP) is 9.14. The van der Waals surface area contributed by atoms with Gasteiger partial charge in [-0.3, -0.25) is 9.59 Å². The SMILES string of the molecule is CC.CC.CCCN(CC)CCn1c2ccc(C(=O)CCCl)cc2c2cc(C(=O)CCCCl)ccc21.CS. The van der Waals surface area contributed by atoms with Gasteiger partial charge in [0.2, 0.25) is 0 Å². The molecule has 0 radical (unpaired) electrons. The third-order valence-corrected chi connectivity index (χ3v) is 6.45. The fourth-order valence-electron chi connectivity index (χ4n) is 4.28. The zero-order valence-electron chi connectivity index (χ0n) is 24.4. The largest absolute Gasteiger partial charge is 0.339 e. The van der Waals surface area contributed by atoms with Gasteiger partial charge in [0, 0.05) is 70.6 Å². The van der Waals surface area contributed by atoms with Crippen molar-refractivity contribution in [3.05, 3.63) is 47.5 Å². The van der Waals surface area contributed by atoms with Crippen molar-refractivity contribution in [1.82, 2.24) is 9.47 Å². The highest BCUT2D eigenvalue weighted by atomic mass is 35.5. The molecule has 2 aromatic carbocycles. The molecule has 0 saturated carbocycles. The molecule has 0 bridgehead atoms. The molecule has 0 saturated heterocycles. The normalized spacial score (nSPS) is 10.3. The molecule has 0 aliphatic heterocycles. The predicted molar refractivity (Wildman–Crippen MR) is 173 cm³/mol. The van der Waals surface area contributed by atoms with E-state index in [1.54, 1.807) is 6.26 Å². The summed E-state index contributed by atoms with van der Waals surface area (Å²) in [5.74, 6) is 0.924. The molecule has 1 heterocycles. The Kier molecular flexibility index (Phi) is 20.5. The summed E-state index contributed by atoms with van der Waals surface area (Å²) in [5.41, 5.74) is 3.53. The van der Waals surface area contributed by atoms with Crippen LogP contribution >= 0.6 is 35.8 Å². The van der Waals surface area contributed by atoms with Gasteiger partial charge in [0.15, 0.2) is 11.6 Å². The second-order valence-corrected chi connectivity index (χ2v) is 8.88. The van der Waals surface area contributed by atoms with Gasteiger partial charge in [0.25, 0.3) is 0 Å². The summed E-state index contributed by atoms with van der Waals surface area (Å²) in [4.78, 5) is 27.6. The number of ketones is 2. The van der Waals surface area contributed by atoms with E-state index in [9.17, 15) is 9.59 Å². The van der Waals surface area contributed by atoms with Crippen molar-refractivity contribution < 1.29 is 9.59 Å². The lowest BCUT2D eigenvalue weighted by Gasteiger charge is -2.20. The molecule has 4 nitrogen and oxygen atoms in total. The fourth-order valence-corrected chi connectivity index (χ4v) is 4.58. The van der Waals surface area contributed by atoms with E-state index in [2.05, 4.69) is 35.9 Å². The monoisotopic (exact) mass is 582 g/mol. The number of hydrogen-bond donors (Lipinski definition) is 1. The van der Waals surface area contributed by atoms with E-state index in [-0.39, 0.29) is 11.6 Å². The summed E-state index contributed by atoms with van der Waals surface area (Å²) < 4.78 is 2.31. The number of thiol groups is 1. The Hall–Kier alpha value is -1.53. The molecule has 0 atom stereocenters. The molecule has 0 aliphatic carbocycles. The van der Waals surface area contributed by atoms with Crippen molar-refractivity contribution in [3.8, 4) is 0 Å². The highest BCUT2D eigenvalue weighted by Crippen LogP contribution is 2.31. The summed E-state index contributed by atoms with van der Waals surface area (Å²) in [6.45, 7) is 16.3. The molecule has 0 spiro atoms. The number of aromatic nitrogens is 1. The number of rotatable bonds is 13. The number of likely N-dealkylation sites (N-methyl/N-ethyl adjacent to an activating group) is 1. The lowest BCUT2D eigenvalue weighted by atomic mass is 10.0. The number of carbonyl (C=O) groups excluding carboxylic acids is 2. The van der Waals surface area contributed by atoms with Crippen LogP contribution in [0.25, 0.3) is 21.8 Å². The van der Waals surface area contributed by atoms with Gasteiger partial charge in [-0.05, 0) is 68.6 Å². The average Bonchev–Trinajstić information content (AvgIpc) is 3.29. The Labute approximate surface area is 246 Å². The second kappa shape index (κ2) is 21.3. The molecule has 7 heteroatoms. The molecular weight excluding hydrogens is 535 g/mol. The maximum Gasteiger partial charge on any atom is 0.164 e. The van der Waals surface area contributed by atoms with Crippen LogP contribution in [-0.4, -0.2) is 58.7 Å². The van der Waals surface area contributed by atoms with Gasteiger partial charge in [0.1, 0.15) is 0 Å². The number of nitrogens with zero attached hydrogens (tertiary/aromatic N) is 2. The Bertz CT molecular complexity index is 1100. The summed E-state index contributed by atoms with van der Waals surface area (Å²) in [6.07, 6.45) is 4.24. The minimum atomic E-state index is 0.0391. The van der Waals surface area contributed by atoms with E-state index in [0.29, 0.717) is 42.1 Å². The number of benzene rings is 2. The molecule has 0 fully saturated rings. The summed E-state index contributed by atoms with van der Waals surface area (Å²) >= 11 is 15.1. The number of Topliss-reactive ketones (excluding diaryl/α,β-unsaturated/α-hetero) is 2.